The van der Waals surface area contributed by atoms with E-state index >= 15 is 0 Å². The van der Waals surface area contributed by atoms with E-state index in [1.165, 1.54) is 11.1 Å². The molecule has 1 N–H and O–H groups in total. The van der Waals surface area contributed by atoms with Crippen LogP contribution in [0.5, 0.6) is 0 Å². The first kappa shape index (κ1) is 15.8. The molecule has 0 saturated carbocycles. The van der Waals surface area contributed by atoms with Crippen LogP contribution in [0.3, 0.4) is 0 Å². The van der Waals surface area contributed by atoms with Crippen LogP contribution < -0.4 is 5.32 Å². The molecule has 1 fully saturated rings. The van der Waals surface area contributed by atoms with E-state index in [0.29, 0.717) is 22.0 Å². The molecule has 2 nitrogen and oxygen atoms in total. The van der Waals surface area contributed by atoms with E-state index in [4.69, 9.17) is 23.2 Å². The highest BCUT2D eigenvalue weighted by atomic mass is 35.5. The van der Waals surface area contributed by atoms with Crippen LogP contribution in [0.4, 0.5) is 0 Å². The summed E-state index contributed by atoms with van der Waals surface area (Å²) in [5.74, 6) is 0.434. The van der Waals surface area contributed by atoms with E-state index in [1.54, 1.807) is 0 Å². The van der Waals surface area contributed by atoms with E-state index in [-0.39, 0.29) is 0 Å². The molecule has 4 heteroatoms. The predicted molar refractivity (Wildman–Crippen MR) is 93.8 cm³/mol. The Hall–Kier alpha value is -1.06. The Kier molecular flexibility index (Phi) is 5.04. The Balaban J connectivity index is 1.75. The van der Waals surface area contributed by atoms with Crippen molar-refractivity contribution < 1.29 is 0 Å². The van der Waals surface area contributed by atoms with Crippen molar-refractivity contribution in [2.75, 3.05) is 20.1 Å². The third-order valence-electron chi connectivity index (χ3n) is 4.39. The lowest BCUT2D eigenvalue weighted by molar-refractivity contribution is 0.320. The number of nitrogens with one attached hydrogen (secondary N) is 1. The number of benzene rings is 2. The first-order chi connectivity index (χ1) is 10.7. The van der Waals surface area contributed by atoms with E-state index in [1.807, 2.05) is 19.2 Å². The van der Waals surface area contributed by atoms with Gasteiger partial charge in [0.2, 0.25) is 0 Å². The highest BCUT2D eigenvalue weighted by Gasteiger charge is 2.32. The number of nitrogens with zero attached hydrogens (tertiary/aromatic N) is 1. The van der Waals surface area contributed by atoms with Crippen LogP contribution in [0.2, 0.25) is 10.0 Å². The maximum atomic E-state index is 6.18. The van der Waals surface area contributed by atoms with Gasteiger partial charge in [-0.3, -0.25) is 4.90 Å². The van der Waals surface area contributed by atoms with Crippen LogP contribution in [0, 0.1) is 0 Å². The van der Waals surface area contributed by atoms with Gasteiger partial charge in [-0.25, -0.2) is 0 Å². The minimum atomic E-state index is 0.431. The van der Waals surface area contributed by atoms with Gasteiger partial charge in [-0.1, -0.05) is 59.6 Å². The number of likely N-dealkylation sites (tertiary alicyclic amines) is 1. The lowest BCUT2D eigenvalue weighted by atomic mass is 9.94. The van der Waals surface area contributed by atoms with E-state index in [0.717, 1.165) is 19.6 Å². The maximum Gasteiger partial charge on any atom is 0.0595 e. The van der Waals surface area contributed by atoms with Crippen molar-refractivity contribution in [3.8, 4) is 0 Å². The van der Waals surface area contributed by atoms with Crippen LogP contribution in [0.25, 0.3) is 0 Å². The average molecular weight is 335 g/mol. The molecule has 0 radical (unpaired) electrons. The van der Waals surface area contributed by atoms with Crippen molar-refractivity contribution >= 4 is 23.2 Å². The van der Waals surface area contributed by atoms with Crippen LogP contribution in [-0.2, 0) is 6.54 Å². The fourth-order valence-corrected chi connectivity index (χ4v) is 3.54. The molecule has 0 bridgehead atoms. The first-order valence-electron chi connectivity index (χ1n) is 7.56. The number of hydrogen-bond donors (Lipinski definition) is 1. The summed E-state index contributed by atoms with van der Waals surface area (Å²) in [7, 11) is 2.03. The Morgan fingerprint density at radius 2 is 1.82 bits per heavy atom. The quantitative estimate of drug-likeness (QED) is 0.902. The molecule has 0 aromatic heterocycles. The molecule has 116 valence electrons. The second kappa shape index (κ2) is 7.01. The summed E-state index contributed by atoms with van der Waals surface area (Å²) in [6, 6.07) is 17.0. The van der Waals surface area contributed by atoms with Gasteiger partial charge in [-0.2, -0.15) is 0 Å². The van der Waals surface area contributed by atoms with Crippen LogP contribution in [0.15, 0.2) is 48.5 Å². The molecule has 1 aliphatic rings. The second-order valence-electron chi connectivity index (χ2n) is 5.85. The molecule has 0 aliphatic carbocycles. The Labute approximate surface area is 142 Å². The fraction of sp³-hybridized carbons (Fsp3) is 0.333. The molecule has 22 heavy (non-hydrogen) atoms. The monoisotopic (exact) mass is 334 g/mol. The number of likely N-dealkylation sites (N-methyl/N-ethyl adjacent to an activating group) is 1. The maximum absolute atomic E-state index is 6.18. The highest BCUT2D eigenvalue weighted by molar-refractivity contribution is 6.42. The van der Waals surface area contributed by atoms with Gasteiger partial charge in [0, 0.05) is 31.6 Å². The van der Waals surface area contributed by atoms with Crippen molar-refractivity contribution in [1.29, 1.82) is 0 Å². The Morgan fingerprint density at radius 1 is 1.05 bits per heavy atom. The number of halogens is 2. The summed E-state index contributed by atoms with van der Waals surface area (Å²) in [6.07, 6.45) is 0. The van der Waals surface area contributed by atoms with Crippen molar-refractivity contribution in [2.24, 2.45) is 0 Å². The Morgan fingerprint density at radius 3 is 2.50 bits per heavy atom. The lowest BCUT2D eigenvalue weighted by Crippen LogP contribution is -2.32. The van der Waals surface area contributed by atoms with Crippen LogP contribution in [-0.4, -0.2) is 31.1 Å². The summed E-state index contributed by atoms with van der Waals surface area (Å²) < 4.78 is 0. The standard InChI is InChI=1S/C18H20Cl2N2/c1-21-18-12-22(10-13-5-3-2-4-6-13)11-15(18)14-7-8-16(19)17(20)9-14/h2-9,15,18,21H,10-12H2,1H3/t15-,18+/m1/s1. The third kappa shape index (κ3) is 3.47. The van der Waals surface area contributed by atoms with Gasteiger partial charge >= 0.3 is 0 Å². The van der Waals surface area contributed by atoms with Crippen molar-refractivity contribution in [1.82, 2.24) is 10.2 Å². The topological polar surface area (TPSA) is 15.3 Å². The normalized spacial score (nSPS) is 22.1. The van der Waals surface area contributed by atoms with Crippen molar-refractivity contribution in [3.05, 3.63) is 69.7 Å². The smallest absolute Gasteiger partial charge is 0.0595 e. The van der Waals surface area contributed by atoms with Gasteiger partial charge in [-0.05, 0) is 30.3 Å². The Bertz CT molecular complexity index is 630. The number of rotatable bonds is 4. The van der Waals surface area contributed by atoms with Crippen LogP contribution in [0.1, 0.15) is 17.0 Å². The van der Waals surface area contributed by atoms with Gasteiger partial charge in [0.1, 0.15) is 0 Å². The molecular formula is C18H20Cl2N2. The predicted octanol–water partition coefficient (Wildman–Crippen LogP) is 4.18. The molecule has 1 saturated heterocycles. The van der Waals surface area contributed by atoms with Gasteiger partial charge in [0.25, 0.3) is 0 Å². The summed E-state index contributed by atoms with van der Waals surface area (Å²) >= 11 is 12.2. The largest absolute Gasteiger partial charge is 0.315 e. The SMILES string of the molecule is CN[C@H]1CN(Cc2ccccc2)C[C@@H]1c1ccc(Cl)c(Cl)c1. The zero-order valence-electron chi connectivity index (χ0n) is 12.6. The third-order valence-corrected chi connectivity index (χ3v) is 5.13. The molecule has 1 heterocycles. The van der Waals surface area contributed by atoms with Crippen molar-refractivity contribution in [3.63, 3.8) is 0 Å². The molecule has 0 amide bonds. The summed E-state index contributed by atoms with van der Waals surface area (Å²) in [5, 5.41) is 4.70. The van der Waals surface area contributed by atoms with E-state index in [2.05, 4.69) is 46.6 Å². The minimum Gasteiger partial charge on any atom is -0.315 e. The number of hydrogen-bond acceptors (Lipinski definition) is 2. The molecule has 0 spiro atoms. The molecule has 2 atom stereocenters. The highest BCUT2D eigenvalue weighted by Crippen LogP contribution is 2.32. The zero-order chi connectivity index (χ0) is 15.5. The second-order valence-corrected chi connectivity index (χ2v) is 6.67. The van der Waals surface area contributed by atoms with Gasteiger partial charge in [-0.15, -0.1) is 0 Å². The van der Waals surface area contributed by atoms with E-state index in [9.17, 15) is 0 Å². The molecule has 0 unspecified atom stereocenters. The summed E-state index contributed by atoms with van der Waals surface area (Å²) in [4.78, 5) is 2.49. The lowest BCUT2D eigenvalue weighted by Gasteiger charge is -2.18. The summed E-state index contributed by atoms with van der Waals surface area (Å²) in [5.41, 5.74) is 2.61. The minimum absolute atomic E-state index is 0.431. The fourth-order valence-electron chi connectivity index (χ4n) is 3.23. The molecule has 2 aromatic carbocycles. The molecular weight excluding hydrogens is 315 g/mol. The zero-order valence-corrected chi connectivity index (χ0v) is 14.1. The van der Waals surface area contributed by atoms with Crippen molar-refractivity contribution in [2.45, 2.75) is 18.5 Å². The average Bonchev–Trinajstić information content (AvgIpc) is 2.94. The molecule has 3 rings (SSSR count). The first-order valence-corrected chi connectivity index (χ1v) is 8.31. The van der Waals surface area contributed by atoms with Gasteiger partial charge < -0.3 is 5.32 Å². The molecule has 2 aromatic rings. The van der Waals surface area contributed by atoms with Gasteiger partial charge in [0.05, 0.1) is 10.0 Å². The summed E-state index contributed by atoms with van der Waals surface area (Å²) in [6.45, 7) is 3.05. The molecule has 1 aliphatic heterocycles. The van der Waals surface area contributed by atoms with Gasteiger partial charge in [0.15, 0.2) is 0 Å². The van der Waals surface area contributed by atoms with Crippen LogP contribution >= 0.6 is 23.2 Å². The van der Waals surface area contributed by atoms with E-state index < -0.39 is 0 Å².